The van der Waals surface area contributed by atoms with Gasteiger partial charge in [0.15, 0.2) is 5.78 Å². The lowest BCUT2D eigenvalue weighted by Crippen LogP contribution is -2.48. The number of Topliss-reactive ketones (excluding diaryl/α,β-unsaturated/α-hetero) is 1. The van der Waals surface area contributed by atoms with Crippen molar-refractivity contribution in [3.63, 3.8) is 0 Å². The summed E-state index contributed by atoms with van der Waals surface area (Å²) in [6, 6.07) is 17.6. The molecule has 0 bridgehead atoms. The molecule has 0 aromatic heterocycles. The van der Waals surface area contributed by atoms with E-state index in [4.69, 9.17) is 0 Å². The summed E-state index contributed by atoms with van der Waals surface area (Å²) in [4.78, 5) is 28.7. The molecular formula is C21H24N2O2. The highest BCUT2D eigenvalue weighted by atomic mass is 16.2. The molecule has 1 fully saturated rings. The zero-order valence-corrected chi connectivity index (χ0v) is 14.6. The summed E-state index contributed by atoms with van der Waals surface area (Å²) < 4.78 is 0. The minimum Gasteiger partial charge on any atom is -0.368 e. The summed E-state index contributed by atoms with van der Waals surface area (Å²) in [5.41, 5.74) is 3.14. The van der Waals surface area contributed by atoms with Crippen molar-refractivity contribution in [2.45, 2.75) is 19.8 Å². The van der Waals surface area contributed by atoms with Crippen LogP contribution in [0, 0.1) is 6.92 Å². The van der Waals surface area contributed by atoms with Gasteiger partial charge in [-0.25, -0.2) is 0 Å². The molecule has 3 rings (SSSR count). The first-order chi connectivity index (χ1) is 12.1. The third kappa shape index (κ3) is 4.47. The Kier molecular flexibility index (Phi) is 5.49. The summed E-state index contributed by atoms with van der Waals surface area (Å²) in [7, 11) is 0. The number of benzene rings is 2. The van der Waals surface area contributed by atoms with Gasteiger partial charge in [0.25, 0.3) is 0 Å². The summed E-state index contributed by atoms with van der Waals surface area (Å²) in [5, 5.41) is 0. The van der Waals surface area contributed by atoms with Gasteiger partial charge in [-0.05, 0) is 24.6 Å². The molecule has 0 atom stereocenters. The largest absolute Gasteiger partial charge is 0.368 e. The monoisotopic (exact) mass is 336 g/mol. The Morgan fingerprint density at radius 3 is 2.28 bits per heavy atom. The van der Waals surface area contributed by atoms with Crippen molar-refractivity contribution < 1.29 is 9.59 Å². The highest BCUT2D eigenvalue weighted by Gasteiger charge is 2.21. The van der Waals surface area contributed by atoms with E-state index in [-0.39, 0.29) is 24.5 Å². The molecule has 1 aliphatic heterocycles. The van der Waals surface area contributed by atoms with Gasteiger partial charge in [-0.2, -0.15) is 0 Å². The van der Waals surface area contributed by atoms with E-state index in [1.54, 1.807) is 12.1 Å². The summed E-state index contributed by atoms with van der Waals surface area (Å²) in [6.07, 6.45) is 0.569. The Labute approximate surface area is 149 Å². The van der Waals surface area contributed by atoms with Crippen LogP contribution in [-0.4, -0.2) is 42.8 Å². The lowest BCUT2D eigenvalue weighted by atomic mass is 10.1. The van der Waals surface area contributed by atoms with Crippen LogP contribution >= 0.6 is 0 Å². The van der Waals surface area contributed by atoms with Gasteiger partial charge in [0, 0.05) is 50.3 Å². The number of hydrogen-bond donors (Lipinski definition) is 0. The fourth-order valence-corrected chi connectivity index (χ4v) is 3.19. The van der Waals surface area contributed by atoms with Gasteiger partial charge in [-0.15, -0.1) is 0 Å². The Bertz CT molecular complexity index is 735. The molecule has 1 aliphatic rings. The lowest BCUT2D eigenvalue weighted by molar-refractivity contribution is -0.131. The molecule has 4 nitrogen and oxygen atoms in total. The van der Waals surface area contributed by atoms with Gasteiger partial charge in [0.1, 0.15) is 0 Å². The maximum Gasteiger partial charge on any atom is 0.223 e. The number of hydrogen-bond acceptors (Lipinski definition) is 3. The average Bonchev–Trinajstić information content (AvgIpc) is 2.66. The predicted molar refractivity (Wildman–Crippen MR) is 100.0 cm³/mol. The number of amides is 1. The highest BCUT2D eigenvalue weighted by Crippen LogP contribution is 2.18. The second-order valence-electron chi connectivity index (χ2n) is 6.50. The third-order valence-corrected chi connectivity index (χ3v) is 4.66. The maximum absolute atomic E-state index is 12.4. The van der Waals surface area contributed by atoms with Crippen LogP contribution in [-0.2, 0) is 4.79 Å². The zero-order valence-electron chi connectivity index (χ0n) is 14.6. The van der Waals surface area contributed by atoms with Crippen LogP contribution in [0.2, 0.25) is 0 Å². The first-order valence-electron chi connectivity index (χ1n) is 8.81. The molecule has 0 unspecified atom stereocenters. The highest BCUT2D eigenvalue weighted by molar-refractivity contribution is 5.97. The number of carbonyl (C=O) groups excluding carboxylic acids is 2. The van der Waals surface area contributed by atoms with Crippen molar-refractivity contribution in [1.29, 1.82) is 0 Å². The van der Waals surface area contributed by atoms with Crippen molar-refractivity contribution in [2.75, 3.05) is 31.1 Å². The molecule has 2 aromatic rings. The Morgan fingerprint density at radius 2 is 1.60 bits per heavy atom. The van der Waals surface area contributed by atoms with E-state index < -0.39 is 0 Å². The van der Waals surface area contributed by atoms with Crippen LogP contribution in [0.1, 0.15) is 28.8 Å². The van der Waals surface area contributed by atoms with E-state index in [1.807, 2.05) is 23.1 Å². The van der Waals surface area contributed by atoms with Gasteiger partial charge < -0.3 is 9.80 Å². The summed E-state index contributed by atoms with van der Waals surface area (Å²) >= 11 is 0. The van der Waals surface area contributed by atoms with E-state index >= 15 is 0 Å². The van der Waals surface area contributed by atoms with Crippen molar-refractivity contribution in [1.82, 2.24) is 4.90 Å². The predicted octanol–water partition coefficient (Wildman–Crippen LogP) is 3.31. The topological polar surface area (TPSA) is 40.6 Å². The SMILES string of the molecule is Cc1cccc(N2CCN(C(=O)CCC(=O)c3ccccc3)CC2)c1. The first-order valence-corrected chi connectivity index (χ1v) is 8.81. The molecule has 0 N–H and O–H groups in total. The van der Waals surface area contributed by atoms with Crippen molar-refractivity contribution in [2.24, 2.45) is 0 Å². The van der Waals surface area contributed by atoms with E-state index in [0.29, 0.717) is 18.7 Å². The van der Waals surface area contributed by atoms with Gasteiger partial charge >= 0.3 is 0 Å². The van der Waals surface area contributed by atoms with E-state index in [2.05, 4.69) is 36.1 Å². The van der Waals surface area contributed by atoms with Gasteiger partial charge in [-0.1, -0.05) is 42.5 Å². The summed E-state index contributed by atoms with van der Waals surface area (Å²) in [6.45, 7) is 5.19. The van der Waals surface area contributed by atoms with Gasteiger partial charge in [0.05, 0.1) is 0 Å². The molecule has 0 radical (unpaired) electrons. The minimum atomic E-state index is 0.0346. The fraction of sp³-hybridized carbons (Fsp3) is 0.333. The van der Waals surface area contributed by atoms with Crippen LogP contribution in [0.15, 0.2) is 54.6 Å². The molecule has 4 heteroatoms. The minimum absolute atomic E-state index is 0.0346. The number of nitrogens with zero attached hydrogens (tertiary/aromatic N) is 2. The second kappa shape index (κ2) is 7.97. The summed E-state index contributed by atoms with van der Waals surface area (Å²) in [5.74, 6) is 0.112. The van der Waals surface area contributed by atoms with Crippen LogP contribution < -0.4 is 4.90 Å². The molecule has 1 heterocycles. The number of carbonyl (C=O) groups is 2. The molecule has 130 valence electrons. The Morgan fingerprint density at radius 1 is 0.880 bits per heavy atom. The number of ketones is 1. The number of anilines is 1. The van der Waals surface area contributed by atoms with Gasteiger partial charge in [0.2, 0.25) is 5.91 Å². The van der Waals surface area contributed by atoms with E-state index in [9.17, 15) is 9.59 Å². The molecule has 0 saturated carbocycles. The maximum atomic E-state index is 12.4. The Hall–Kier alpha value is -2.62. The quantitative estimate of drug-likeness (QED) is 0.787. The lowest BCUT2D eigenvalue weighted by Gasteiger charge is -2.36. The van der Waals surface area contributed by atoms with Crippen LogP contribution in [0.3, 0.4) is 0 Å². The number of rotatable bonds is 5. The van der Waals surface area contributed by atoms with Crippen LogP contribution in [0.25, 0.3) is 0 Å². The van der Waals surface area contributed by atoms with Crippen molar-refractivity contribution in [3.8, 4) is 0 Å². The molecule has 0 aliphatic carbocycles. The molecule has 2 aromatic carbocycles. The van der Waals surface area contributed by atoms with Crippen molar-refractivity contribution in [3.05, 3.63) is 65.7 Å². The molecule has 1 amide bonds. The molecule has 0 spiro atoms. The molecule has 1 saturated heterocycles. The van der Waals surface area contributed by atoms with Crippen LogP contribution in [0.4, 0.5) is 5.69 Å². The van der Waals surface area contributed by atoms with E-state index in [1.165, 1.54) is 11.3 Å². The molecule has 25 heavy (non-hydrogen) atoms. The Balaban J connectivity index is 1.48. The van der Waals surface area contributed by atoms with Gasteiger partial charge in [-0.3, -0.25) is 9.59 Å². The van der Waals surface area contributed by atoms with Crippen LogP contribution in [0.5, 0.6) is 0 Å². The third-order valence-electron chi connectivity index (χ3n) is 4.66. The average molecular weight is 336 g/mol. The first kappa shape index (κ1) is 17.2. The number of aryl methyl sites for hydroxylation is 1. The second-order valence-corrected chi connectivity index (χ2v) is 6.50. The van der Waals surface area contributed by atoms with Crippen molar-refractivity contribution >= 4 is 17.4 Å². The number of piperazine rings is 1. The standard InChI is InChI=1S/C21H24N2O2/c1-17-6-5-9-19(16-17)22-12-14-23(15-13-22)21(25)11-10-20(24)18-7-3-2-4-8-18/h2-9,16H,10-15H2,1H3. The fourth-order valence-electron chi connectivity index (χ4n) is 3.19. The molecular weight excluding hydrogens is 312 g/mol. The van der Waals surface area contributed by atoms with E-state index in [0.717, 1.165) is 13.1 Å². The smallest absolute Gasteiger partial charge is 0.223 e. The normalized spacial score (nSPS) is 14.4. The zero-order chi connectivity index (χ0) is 17.6.